The van der Waals surface area contributed by atoms with Gasteiger partial charge in [0.2, 0.25) is 5.91 Å². The molecule has 1 saturated heterocycles. The summed E-state index contributed by atoms with van der Waals surface area (Å²) < 4.78 is 16.7. The predicted molar refractivity (Wildman–Crippen MR) is 140 cm³/mol. The Labute approximate surface area is 216 Å². The summed E-state index contributed by atoms with van der Waals surface area (Å²) in [4.78, 5) is 37.5. The van der Waals surface area contributed by atoms with Crippen LogP contribution in [0.15, 0.2) is 45.6 Å². The fraction of sp³-hybridized carbons (Fsp3) is 0.500. The minimum absolute atomic E-state index is 0.0330. The van der Waals surface area contributed by atoms with Crippen LogP contribution in [0.2, 0.25) is 0 Å². The number of thioether (sulfide) groups is 1. The van der Waals surface area contributed by atoms with E-state index in [1.54, 1.807) is 19.1 Å². The molecule has 1 aromatic rings. The van der Waals surface area contributed by atoms with Gasteiger partial charge in [-0.2, -0.15) is 0 Å². The average molecular weight is 515 g/mol. The Morgan fingerprint density at radius 2 is 1.89 bits per heavy atom. The maximum atomic E-state index is 13.9. The zero-order chi connectivity index (χ0) is 25.8. The van der Waals surface area contributed by atoms with Gasteiger partial charge in [0.15, 0.2) is 5.17 Å². The number of ether oxygens (including phenoxy) is 3. The first-order valence-electron chi connectivity index (χ1n) is 12.2. The van der Waals surface area contributed by atoms with Crippen LogP contribution in [-0.4, -0.2) is 85.3 Å². The van der Waals surface area contributed by atoms with Crippen molar-refractivity contribution in [2.45, 2.75) is 33.2 Å². The number of fused-ring (bicyclic) bond motifs is 1. The first-order valence-corrected chi connectivity index (χ1v) is 13.1. The van der Waals surface area contributed by atoms with Gasteiger partial charge in [-0.05, 0) is 44.4 Å². The van der Waals surface area contributed by atoms with Crippen molar-refractivity contribution >= 4 is 28.7 Å². The lowest BCUT2D eigenvalue weighted by molar-refractivity contribution is -0.134. The number of nitrogens with zero attached hydrogens (tertiary/aromatic N) is 4. The van der Waals surface area contributed by atoms with Crippen LogP contribution < -0.4 is 9.47 Å². The molecule has 0 aromatic heterocycles. The number of aliphatic imine (C=N–C) groups is 1. The maximum absolute atomic E-state index is 13.9. The molecule has 0 spiro atoms. The highest BCUT2D eigenvalue weighted by Crippen LogP contribution is 2.48. The van der Waals surface area contributed by atoms with Crippen LogP contribution in [0.1, 0.15) is 38.8 Å². The van der Waals surface area contributed by atoms with Crippen LogP contribution in [0, 0.1) is 0 Å². The minimum Gasteiger partial charge on any atom is -0.497 e. The molecule has 2 amide bonds. The fourth-order valence-corrected chi connectivity index (χ4v) is 5.72. The summed E-state index contributed by atoms with van der Waals surface area (Å²) in [6.45, 7) is 9.22. The molecule has 1 unspecified atom stereocenters. The fourth-order valence-electron chi connectivity index (χ4n) is 4.75. The van der Waals surface area contributed by atoms with Crippen molar-refractivity contribution in [3.63, 3.8) is 0 Å². The van der Waals surface area contributed by atoms with E-state index in [9.17, 15) is 9.59 Å². The molecule has 4 rings (SSSR count). The number of carbonyl (C=O) groups is 2. The lowest BCUT2D eigenvalue weighted by atomic mass is 9.91. The van der Waals surface area contributed by atoms with Gasteiger partial charge in [-0.1, -0.05) is 11.8 Å². The highest BCUT2D eigenvalue weighted by atomic mass is 32.2. The lowest BCUT2D eigenvalue weighted by Crippen LogP contribution is -2.43. The third-order valence-corrected chi connectivity index (χ3v) is 7.60. The molecule has 1 aromatic carbocycles. The van der Waals surface area contributed by atoms with E-state index in [2.05, 4.69) is 0 Å². The van der Waals surface area contributed by atoms with Gasteiger partial charge >= 0.3 is 0 Å². The normalized spacial score (nSPS) is 19.5. The van der Waals surface area contributed by atoms with E-state index in [-0.39, 0.29) is 18.2 Å². The Kier molecular flexibility index (Phi) is 8.25. The molecule has 0 bridgehead atoms. The summed E-state index contributed by atoms with van der Waals surface area (Å²) >= 11 is 1.47. The molecule has 194 valence electrons. The van der Waals surface area contributed by atoms with Crippen molar-refractivity contribution in [1.29, 1.82) is 0 Å². The Morgan fingerprint density at radius 3 is 2.53 bits per heavy atom. The first kappa shape index (κ1) is 26.1. The number of amidine groups is 1. The Bertz CT molecular complexity index is 1110. The Morgan fingerprint density at radius 1 is 1.17 bits per heavy atom. The minimum atomic E-state index is -0.519. The third kappa shape index (κ3) is 4.97. The monoisotopic (exact) mass is 514 g/mol. The van der Waals surface area contributed by atoms with E-state index in [1.165, 1.54) is 11.8 Å². The van der Waals surface area contributed by atoms with Crippen molar-refractivity contribution in [3.05, 3.63) is 46.1 Å². The summed E-state index contributed by atoms with van der Waals surface area (Å²) in [6, 6.07) is 5.06. The highest BCUT2D eigenvalue weighted by Gasteiger charge is 2.43. The summed E-state index contributed by atoms with van der Waals surface area (Å²) in [7, 11) is 3.23. The van der Waals surface area contributed by atoms with Crippen LogP contribution in [0.5, 0.6) is 11.5 Å². The Balaban J connectivity index is 1.80. The van der Waals surface area contributed by atoms with Crippen molar-refractivity contribution in [1.82, 2.24) is 14.7 Å². The number of morpholine rings is 1. The van der Waals surface area contributed by atoms with Crippen LogP contribution in [0.4, 0.5) is 0 Å². The SMILES string of the molecule is CCN(CC)C(=O)C1=C(C)N=C2SC=C(CC(=O)N3CCOCC3)N2C1c1cc(OC)ccc1OC. The summed E-state index contributed by atoms with van der Waals surface area (Å²) in [6.07, 6.45) is 0.209. The smallest absolute Gasteiger partial charge is 0.254 e. The molecule has 9 nitrogen and oxygen atoms in total. The Hall–Kier alpha value is -2.98. The number of benzene rings is 1. The van der Waals surface area contributed by atoms with E-state index < -0.39 is 6.04 Å². The van der Waals surface area contributed by atoms with Crippen molar-refractivity contribution in [2.75, 3.05) is 53.6 Å². The van der Waals surface area contributed by atoms with Crippen LogP contribution in [0.25, 0.3) is 0 Å². The molecule has 3 aliphatic heterocycles. The molecule has 10 heteroatoms. The third-order valence-electron chi connectivity index (χ3n) is 6.71. The van der Waals surface area contributed by atoms with Gasteiger partial charge in [0, 0.05) is 37.4 Å². The molecule has 0 saturated carbocycles. The van der Waals surface area contributed by atoms with Crippen molar-refractivity contribution in [2.24, 2.45) is 4.99 Å². The molecule has 36 heavy (non-hydrogen) atoms. The molecule has 3 aliphatic rings. The van der Waals surface area contributed by atoms with Gasteiger partial charge < -0.3 is 28.9 Å². The topological polar surface area (TPSA) is 83.9 Å². The zero-order valence-corrected chi connectivity index (χ0v) is 22.4. The summed E-state index contributed by atoms with van der Waals surface area (Å²) in [5.74, 6) is 1.25. The number of amides is 2. The molecule has 0 aliphatic carbocycles. The lowest BCUT2D eigenvalue weighted by Gasteiger charge is -2.39. The van der Waals surface area contributed by atoms with E-state index in [1.807, 2.05) is 54.2 Å². The van der Waals surface area contributed by atoms with E-state index in [0.29, 0.717) is 62.2 Å². The van der Waals surface area contributed by atoms with E-state index in [4.69, 9.17) is 19.2 Å². The first-order chi connectivity index (χ1) is 17.4. The molecular weight excluding hydrogens is 480 g/mol. The maximum Gasteiger partial charge on any atom is 0.254 e. The van der Waals surface area contributed by atoms with Gasteiger partial charge in [0.1, 0.15) is 11.5 Å². The number of carbonyl (C=O) groups excluding carboxylic acids is 2. The van der Waals surface area contributed by atoms with Crippen LogP contribution in [0.3, 0.4) is 0 Å². The number of hydrogen-bond acceptors (Lipinski definition) is 8. The quantitative estimate of drug-likeness (QED) is 0.526. The van der Waals surface area contributed by atoms with Crippen molar-refractivity contribution < 1.29 is 23.8 Å². The second-order valence-corrected chi connectivity index (χ2v) is 9.48. The average Bonchev–Trinajstić information content (AvgIpc) is 3.30. The number of allylic oxidation sites excluding steroid dienone is 1. The second kappa shape index (κ2) is 11.4. The van der Waals surface area contributed by atoms with Gasteiger partial charge in [-0.3, -0.25) is 9.59 Å². The number of hydrogen-bond donors (Lipinski definition) is 0. The molecular formula is C26H34N4O5S. The van der Waals surface area contributed by atoms with Crippen LogP contribution in [-0.2, 0) is 14.3 Å². The number of rotatable bonds is 8. The zero-order valence-electron chi connectivity index (χ0n) is 21.6. The van der Waals surface area contributed by atoms with Crippen LogP contribution >= 0.6 is 11.8 Å². The predicted octanol–water partition coefficient (Wildman–Crippen LogP) is 3.40. The second-order valence-electron chi connectivity index (χ2n) is 8.65. The molecule has 0 radical (unpaired) electrons. The highest BCUT2D eigenvalue weighted by molar-refractivity contribution is 8.16. The van der Waals surface area contributed by atoms with Gasteiger partial charge in [-0.15, -0.1) is 0 Å². The van der Waals surface area contributed by atoms with E-state index in [0.717, 1.165) is 16.4 Å². The van der Waals surface area contributed by atoms with E-state index >= 15 is 0 Å². The summed E-state index contributed by atoms with van der Waals surface area (Å²) in [5, 5.41) is 2.71. The standard InChI is InChI=1S/C26H34N4O5S/c1-6-28(7-2)25(32)23-17(3)27-26-30(24(23)20-15-19(33-4)8-9-21(20)34-5)18(16-36-26)14-22(31)29-10-12-35-13-11-29/h8-9,15-16,24H,6-7,10-14H2,1-5H3. The number of methoxy groups -OCH3 is 2. The molecule has 1 fully saturated rings. The largest absolute Gasteiger partial charge is 0.497 e. The molecule has 3 heterocycles. The molecule has 1 atom stereocenters. The van der Waals surface area contributed by atoms with Gasteiger partial charge in [0.05, 0.1) is 51.2 Å². The van der Waals surface area contributed by atoms with Crippen molar-refractivity contribution in [3.8, 4) is 11.5 Å². The van der Waals surface area contributed by atoms with Gasteiger partial charge in [-0.25, -0.2) is 4.99 Å². The molecule has 0 N–H and O–H groups in total. The summed E-state index contributed by atoms with van der Waals surface area (Å²) in [5.41, 5.74) is 2.82. The number of likely N-dealkylation sites (N-methyl/N-ethyl adjacent to an activating group) is 1. The van der Waals surface area contributed by atoms with Gasteiger partial charge in [0.25, 0.3) is 5.91 Å².